The summed E-state index contributed by atoms with van der Waals surface area (Å²) in [6.45, 7) is 6.42. The maximum Gasteiger partial charge on any atom is 0.0100 e. The van der Waals surface area contributed by atoms with Gasteiger partial charge in [0.15, 0.2) is 0 Å². The van der Waals surface area contributed by atoms with Crippen LogP contribution in [0.25, 0.3) is 0 Å². The first kappa shape index (κ1) is 16.8. The van der Waals surface area contributed by atoms with Crippen LogP contribution < -0.4 is 0 Å². The van der Waals surface area contributed by atoms with Crippen molar-refractivity contribution in [1.82, 2.24) is 4.90 Å². The third-order valence-electron chi connectivity index (χ3n) is 5.64. The van der Waals surface area contributed by atoms with Gasteiger partial charge in [0, 0.05) is 11.9 Å². The predicted molar refractivity (Wildman–Crippen MR) is 92.6 cm³/mol. The monoisotopic (exact) mass is 343 g/mol. The number of hydrogen-bond acceptors (Lipinski definition) is 1. The number of halogens is 1. The number of likely N-dealkylation sites (tertiary alicyclic amines) is 1. The lowest BCUT2D eigenvalue weighted by Gasteiger charge is -2.36. The van der Waals surface area contributed by atoms with Gasteiger partial charge in [-0.05, 0) is 56.5 Å². The van der Waals surface area contributed by atoms with Crippen LogP contribution in [0.3, 0.4) is 0 Å². The summed E-state index contributed by atoms with van der Waals surface area (Å²) in [5.74, 6) is 1.01. The molecular weight excluding hydrogens is 310 g/mol. The Bertz CT molecular complexity index is 258. The number of rotatable bonds is 5. The molecule has 2 aliphatic rings. The minimum atomic E-state index is 0.584. The minimum Gasteiger partial charge on any atom is -0.303 e. The molecule has 0 bridgehead atoms. The van der Waals surface area contributed by atoms with Crippen LogP contribution in [0.15, 0.2) is 0 Å². The van der Waals surface area contributed by atoms with E-state index in [9.17, 15) is 0 Å². The molecule has 0 aromatic heterocycles. The Hall–Kier alpha value is 0.440. The maximum atomic E-state index is 3.86. The zero-order valence-electron chi connectivity index (χ0n) is 13.5. The molecular formula is C18H34BrN. The number of hydrogen-bond donors (Lipinski definition) is 0. The third-order valence-corrected chi connectivity index (χ3v) is 6.83. The van der Waals surface area contributed by atoms with E-state index in [1.54, 1.807) is 0 Å². The van der Waals surface area contributed by atoms with Crippen LogP contribution in [0.5, 0.6) is 0 Å². The van der Waals surface area contributed by atoms with Crippen molar-refractivity contribution in [1.29, 1.82) is 0 Å². The van der Waals surface area contributed by atoms with Crippen molar-refractivity contribution in [3.63, 3.8) is 0 Å². The summed E-state index contributed by atoms with van der Waals surface area (Å²) in [6, 6.07) is 0. The van der Waals surface area contributed by atoms with Crippen molar-refractivity contribution in [3.8, 4) is 0 Å². The van der Waals surface area contributed by atoms with Crippen LogP contribution in [0.2, 0.25) is 0 Å². The van der Waals surface area contributed by atoms with Crippen molar-refractivity contribution in [2.45, 2.75) is 77.6 Å². The summed E-state index contributed by atoms with van der Waals surface area (Å²) in [5, 5.41) is 1.22. The molecule has 20 heavy (non-hydrogen) atoms. The van der Waals surface area contributed by atoms with Crippen LogP contribution in [-0.4, -0.2) is 29.9 Å². The second kappa shape index (κ2) is 8.78. The molecule has 0 radical (unpaired) electrons. The zero-order chi connectivity index (χ0) is 14.3. The van der Waals surface area contributed by atoms with Gasteiger partial charge in [-0.15, -0.1) is 0 Å². The molecule has 1 saturated heterocycles. The van der Waals surface area contributed by atoms with Gasteiger partial charge < -0.3 is 4.90 Å². The van der Waals surface area contributed by atoms with Crippen molar-refractivity contribution >= 4 is 15.9 Å². The molecule has 0 aromatic carbocycles. The highest BCUT2D eigenvalue weighted by molar-refractivity contribution is 9.09. The fourth-order valence-corrected chi connectivity index (χ4v) is 5.10. The Labute approximate surface area is 135 Å². The van der Waals surface area contributed by atoms with E-state index in [1.165, 1.54) is 95.6 Å². The van der Waals surface area contributed by atoms with Gasteiger partial charge in [0.25, 0.3) is 0 Å². The van der Waals surface area contributed by atoms with E-state index in [0.29, 0.717) is 5.41 Å². The van der Waals surface area contributed by atoms with E-state index in [4.69, 9.17) is 0 Å². The molecule has 1 saturated carbocycles. The Morgan fingerprint density at radius 1 is 1.00 bits per heavy atom. The highest BCUT2D eigenvalue weighted by Gasteiger charge is 2.32. The molecule has 0 spiro atoms. The molecule has 118 valence electrons. The van der Waals surface area contributed by atoms with E-state index < -0.39 is 0 Å². The van der Waals surface area contributed by atoms with Crippen LogP contribution in [0.1, 0.15) is 77.6 Å². The lowest BCUT2D eigenvalue weighted by Crippen LogP contribution is -2.39. The van der Waals surface area contributed by atoms with Gasteiger partial charge in [-0.2, -0.15) is 0 Å². The van der Waals surface area contributed by atoms with Crippen LogP contribution >= 0.6 is 15.9 Å². The Balaban J connectivity index is 1.87. The van der Waals surface area contributed by atoms with Gasteiger partial charge in [0.05, 0.1) is 0 Å². The fourth-order valence-electron chi connectivity index (χ4n) is 4.37. The molecule has 1 aliphatic carbocycles. The lowest BCUT2D eigenvalue weighted by molar-refractivity contribution is 0.153. The molecule has 2 heteroatoms. The topological polar surface area (TPSA) is 3.24 Å². The second-order valence-corrected chi connectivity index (χ2v) is 7.97. The number of nitrogens with zero attached hydrogens (tertiary/aromatic N) is 1. The SMILES string of the molecule is CCCC1CCCN(CC2(CBr)CCCCCC2)CC1. The van der Waals surface area contributed by atoms with E-state index in [2.05, 4.69) is 27.8 Å². The summed E-state index contributed by atoms with van der Waals surface area (Å²) < 4.78 is 0. The molecule has 1 nitrogen and oxygen atoms in total. The van der Waals surface area contributed by atoms with Gasteiger partial charge in [-0.1, -0.05) is 61.4 Å². The Kier molecular flexibility index (Phi) is 7.38. The summed E-state index contributed by atoms with van der Waals surface area (Å²) in [4.78, 5) is 2.81. The predicted octanol–water partition coefficient (Wildman–Crippen LogP) is 5.62. The molecule has 2 rings (SSSR count). The zero-order valence-corrected chi connectivity index (χ0v) is 15.1. The lowest BCUT2D eigenvalue weighted by atomic mass is 9.82. The van der Waals surface area contributed by atoms with E-state index in [-0.39, 0.29) is 0 Å². The molecule has 1 aliphatic heterocycles. The van der Waals surface area contributed by atoms with Crippen molar-refractivity contribution < 1.29 is 0 Å². The smallest absolute Gasteiger partial charge is 0.0100 e. The first-order valence-corrected chi connectivity index (χ1v) is 10.2. The average molecular weight is 344 g/mol. The number of alkyl halides is 1. The van der Waals surface area contributed by atoms with Crippen molar-refractivity contribution in [2.24, 2.45) is 11.3 Å². The quantitative estimate of drug-likeness (QED) is 0.462. The molecule has 1 atom stereocenters. The van der Waals surface area contributed by atoms with Crippen LogP contribution in [0.4, 0.5) is 0 Å². The van der Waals surface area contributed by atoms with E-state index in [0.717, 1.165) is 5.92 Å². The molecule has 0 aromatic rings. The minimum absolute atomic E-state index is 0.584. The molecule has 1 heterocycles. The third kappa shape index (κ3) is 5.02. The Morgan fingerprint density at radius 2 is 1.75 bits per heavy atom. The highest BCUT2D eigenvalue weighted by Crippen LogP contribution is 2.38. The van der Waals surface area contributed by atoms with Gasteiger partial charge >= 0.3 is 0 Å². The summed E-state index contributed by atoms with van der Waals surface area (Å²) in [7, 11) is 0. The molecule has 0 N–H and O–H groups in total. The van der Waals surface area contributed by atoms with Crippen molar-refractivity contribution in [3.05, 3.63) is 0 Å². The average Bonchev–Trinajstić information content (AvgIpc) is 2.82. The van der Waals surface area contributed by atoms with E-state index >= 15 is 0 Å². The Morgan fingerprint density at radius 3 is 2.40 bits per heavy atom. The first-order valence-electron chi connectivity index (χ1n) is 9.06. The van der Waals surface area contributed by atoms with Crippen LogP contribution in [-0.2, 0) is 0 Å². The standard InChI is InChI=1S/C18H34BrN/c1-2-8-17-9-7-13-20(14-10-17)16-18(15-19)11-5-3-4-6-12-18/h17H,2-16H2,1H3. The van der Waals surface area contributed by atoms with Crippen LogP contribution in [0, 0.1) is 11.3 Å². The summed E-state index contributed by atoms with van der Waals surface area (Å²) in [6.07, 6.45) is 15.9. The molecule has 1 unspecified atom stereocenters. The molecule has 2 fully saturated rings. The van der Waals surface area contributed by atoms with Gasteiger partial charge in [-0.3, -0.25) is 0 Å². The van der Waals surface area contributed by atoms with Gasteiger partial charge in [0.2, 0.25) is 0 Å². The highest BCUT2D eigenvalue weighted by atomic mass is 79.9. The maximum absolute atomic E-state index is 3.86. The van der Waals surface area contributed by atoms with E-state index in [1.807, 2.05) is 0 Å². The van der Waals surface area contributed by atoms with Crippen molar-refractivity contribution in [2.75, 3.05) is 25.0 Å². The van der Waals surface area contributed by atoms with Gasteiger partial charge in [0.1, 0.15) is 0 Å². The largest absolute Gasteiger partial charge is 0.303 e. The van der Waals surface area contributed by atoms with Gasteiger partial charge in [-0.25, -0.2) is 0 Å². The summed E-state index contributed by atoms with van der Waals surface area (Å²) in [5.41, 5.74) is 0.584. The first-order chi connectivity index (χ1) is 9.78. The fraction of sp³-hybridized carbons (Fsp3) is 1.00. The normalized spacial score (nSPS) is 28.8. The second-order valence-electron chi connectivity index (χ2n) is 7.41. The molecule has 0 amide bonds. The summed E-state index contributed by atoms with van der Waals surface area (Å²) >= 11 is 3.86.